The summed E-state index contributed by atoms with van der Waals surface area (Å²) in [5.41, 5.74) is 0. The molecule has 0 saturated carbocycles. The van der Waals surface area contributed by atoms with Gasteiger partial charge in [0.05, 0.1) is 39.9 Å². The molecule has 3 atom stereocenters. The van der Waals surface area contributed by atoms with Crippen LogP contribution in [0, 0.1) is 0 Å². The largest absolute Gasteiger partial charge is 0.756 e. The number of amides is 1. The lowest BCUT2D eigenvalue weighted by atomic mass is 10.0. The van der Waals surface area contributed by atoms with E-state index in [0.717, 1.165) is 96.3 Å². The van der Waals surface area contributed by atoms with Crippen LogP contribution in [0.4, 0.5) is 0 Å². The molecular formula is C47H79N2O6P. The molecular weight excluding hydrogens is 719 g/mol. The molecule has 3 unspecified atom stereocenters. The van der Waals surface area contributed by atoms with Crippen LogP contribution in [0.2, 0.25) is 0 Å². The Morgan fingerprint density at radius 2 is 1.07 bits per heavy atom. The predicted molar refractivity (Wildman–Crippen MR) is 237 cm³/mol. The van der Waals surface area contributed by atoms with Crippen LogP contribution in [0.5, 0.6) is 0 Å². The fraction of sp³-hybridized carbons (Fsp3) is 0.596. The summed E-state index contributed by atoms with van der Waals surface area (Å²) in [5, 5.41) is 13.6. The van der Waals surface area contributed by atoms with Crippen molar-refractivity contribution in [3.63, 3.8) is 0 Å². The van der Waals surface area contributed by atoms with E-state index >= 15 is 0 Å². The zero-order valence-electron chi connectivity index (χ0n) is 35.8. The van der Waals surface area contributed by atoms with Crippen molar-refractivity contribution < 1.29 is 32.9 Å². The van der Waals surface area contributed by atoms with Gasteiger partial charge in [-0.25, -0.2) is 0 Å². The molecule has 9 heteroatoms. The number of hydrogen-bond donors (Lipinski definition) is 2. The van der Waals surface area contributed by atoms with Gasteiger partial charge in [0.1, 0.15) is 13.2 Å². The number of aliphatic hydroxyl groups is 1. The van der Waals surface area contributed by atoms with Crippen LogP contribution in [-0.4, -0.2) is 68.5 Å². The van der Waals surface area contributed by atoms with E-state index in [1.807, 2.05) is 21.1 Å². The Bertz CT molecular complexity index is 1270. The number of rotatable bonds is 36. The Morgan fingerprint density at radius 1 is 0.643 bits per heavy atom. The second kappa shape index (κ2) is 37.7. The zero-order valence-corrected chi connectivity index (χ0v) is 36.7. The van der Waals surface area contributed by atoms with Crippen LogP contribution in [0.15, 0.2) is 109 Å². The lowest BCUT2D eigenvalue weighted by molar-refractivity contribution is -0.870. The number of phosphoric acid groups is 1. The summed E-state index contributed by atoms with van der Waals surface area (Å²) in [6.07, 6.45) is 54.4. The molecule has 0 aromatic heterocycles. The van der Waals surface area contributed by atoms with Gasteiger partial charge in [-0.3, -0.25) is 9.36 Å². The first-order valence-corrected chi connectivity index (χ1v) is 22.7. The molecule has 0 spiro atoms. The van der Waals surface area contributed by atoms with Crippen LogP contribution < -0.4 is 10.2 Å². The number of nitrogens with zero attached hydrogens (tertiary/aromatic N) is 1. The highest BCUT2D eigenvalue weighted by Crippen LogP contribution is 2.38. The molecule has 0 bridgehead atoms. The van der Waals surface area contributed by atoms with Gasteiger partial charge in [-0.1, -0.05) is 155 Å². The van der Waals surface area contributed by atoms with Crippen molar-refractivity contribution in [2.75, 3.05) is 40.9 Å². The second-order valence-electron chi connectivity index (χ2n) is 15.0. The van der Waals surface area contributed by atoms with Crippen molar-refractivity contribution in [2.45, 2.75) is 142 Å². The van der Waals surface area contributed by atoms with Gasteiger partial charge in [-0.2, -0.15) is 0 Å². The number of likely N-dealkylation sites (N-methyl/N-ethyl adjacent to an activating group) is 1. The summed E-state index contributed by atoms with van der Waals surface area (Å²) in [5.74, 6) is -0.237. The van der Waals surface area contributed by atoms with Crippen LogP contribution >= 0.6 is 7.82 Å². The SMILES string of the molecule is CC/C=C\C/C=C\C/C=C\C/C=C\C/C=C\C/C=C\C/C=C\C/C=C\C/C=C\CCCC(=O)NC(COP(=O)([O-])OCC[N+](C)(C)C)C(O)CCCCCCC. The molecule has 56 heavy (non-hydrogen) atoms. The second-order valence-corrected chi connectivity index (χ2v) is 16.4. The predicted octanol–water partition coefficient (Wildman–Crippen LogP) is 11.1. The Hall–Kier alpha value is -2.84. The molecule has 1 amide bonds. The molecule has 0 aliphatic heterocycles. The average molecular weight is 799 g/mol. The number of carbonyl (C=O) groups excluding carboxylic acids is 1. The summed E-state index contributed by atoms with van der Waals surface area (Å²) < 4.78 is 23.0. The lowest BCUT2D eigenvalue weighted by Gasteiger charge is -2.30. The van der Waals surface area contributed by atoms with Crippen molar-refractivity contribution in [2.24, 2.45) is 0 Å². The summed E-state index contributed by atoms with van der Waals surface area (Å²) in [6, 6.07) is -0.835. The van der Waals surface area contributed by atoms with E-state index in [4.69, 9.17) is 9.05 Å². The Balaban J connectivity index is 4.24. The number of phosphoric ester groups is 1. The maximum absolute atomic E-state index is 12.7. The lowest BCUT2D eigenvalue weighted by Crippen LogP contribution is -2.46. The molecule has 318 valence electrons. The van der Waals surface area contributed by atoms with E-state index in [2.05, 4.69) is 129 Å². The number of nitrogens with one attached hydrogen (secondary N) is 1. The number of aliphatic hydroxyl groups excluding tert-OH is 1. The molecule has 0 aliphatic rings. The number of unbranched alkanes of at least 4 members (excludes halogenated alkanes) is 5. The van der Waals surface area contributed by atoms with Crippen molar-refractivity contribution in [1.82, 2.24) is 5.32 Å². The highest BCUT2D eigenvalue weighted by molar-refractivity contribution is 7.45. The van der Waals surface area contributed by atoms with Gasteiger partial charge in [0, 0.05) is 6.42 Å². The van der Waals surface area contributed by atoms with Gasteiger partial charge in [-0.15, -0.1) is 0 Å². The van der Waals surface area contributed by atoms with Crippen molar-refractivity contribution in [1.29, 1.82) is 0 Å². The van der Waals surface area contributed by atoms with E-state index in [1.165, 1.54) is 0 Å². The minimum Gasteiger partial charge on any atom is -0.756 e. The van der Waals surface area contributed by atoms with Gasteiger partial charge in [0.2, 0.25) is 5.91 Å². The van der Waals surface area contributed by atoms with E-state index < -0.39 is 20.0 Å². The molecule has 0 heterocycles. The maximum atomic E-state index is 12.7. The van der Waals surface area contributed by atoms with Gasteiger partial charge in [0.25, 0.3) is 7.82 Å². The molecule has 0 aromatic rings. The first-order valence-electron chi connectivity index (χ1n) is 21.2. The number of hydrogen-bond acceptors (Lipinski definition) is 6. The average Bonchev–Trinajstić information content (AvgIpc) is 3.15. The highest BCUT2D eigenvalue weighted by atomic mass is 31.2. The molecule has 0 rings (SSSR count). The van der Waals surface area contributed by atoms with Crippen molar-refractivity contribution >= 4 is 13.7 Å². The first-order chi connectivity index (χ1) is 27.0. The summed E-state index contributed by atoms with van der Waals surface area (Å²) in [6.45, 7) is 4.42. The molecule has 0 radical (unpaired) electrons. The van der Waals surface area contributed by atoms with E-state index in [1.54, 1.807) is 0 Å². The standard InChI is InChI=1S/C47H79N2O6P/c1-6-8-10-12-13-14-15-16-17-18-19-20-21-22-23-24-25-26-27-28-29-30-31-32-33-34-35-37-39-41-47(51)48-45(46(50)40-38-36-11-9-7-2)44-55-56(52,53)54-43-42-49(3,4)5/h8,10,13-14,16-17,19-20,22-23,25-26,28-29,31-32,34-35,45-46,50H,6-7,9,11-12,15,18,21,24,27,30,33,36-44H2,1-5H3,(H-,48,51,52,53)/b10-8-,14-13-,17-16-,20-19-,23-22-,26-25-,29-28-,32-31-,35-34-. The van der Waals surface area contributed by atoms with E-state index in [0.29, 0.717) is 23.9 Å². The number of carbonyl (C=O) groups is 1. The van der Waals surface area contributed by atoms with Crippen LogP contribution in [0.1, 0.15) is 129 Å². The monoisotopic (exact) mass is 799 g/mol. The molecule has 8 nitrogen and oxygen atoms in total. The van der Waals surface area contributed by atoms with Crippen LogP contribution in [0.25, 0.3) is 0 Å². The van der Waals surface area contributed by atoms with Gasteiger partial charge >= 0.3 is 0 Å². The Labute approximate surface area is 342 Å². The highest BCUT2D eigenvalue weighted by Gasteiger charge is 2.24. The third-order valence-electron chi connectivity index (χ3n) is 8.53. The molecule has 0 fully saturated rings. The summed E-state index contributed by atoms with van der Waals surface area (Å²) in [7, 11) is 1.24. The van der Waals surface area contributed by atoms with Gasteiger partial charge in [0.15, 0.2) is 0 Å². The molecule has 0 aliphatic carbocycles. The smallest absolute Gasteiger partial charge is 0.268 e. The fourth-order valence-electron chi connectivity index (χ4n) is 5.15. The molecule has 2 N–H and O–H groups in total. The van der Waals surface area contributed by atoms with Crippen molar-refractivity contribution in [3.05, 3.63) is 109 Å². The number of quaternary nitrogens is 1. The molecule has 0 saturated heterocycles. The minimum atomic E-state index is -4.57. The third kappa shape index (κ3) is 39.4. The topological polar surface area (TPSA) is 108 Å². The van der Waals surface area contributed by atoms with Crippen LogP contribution in [-0.2, 0) is 18.4 Å². The molecule has 0 aromatic carbocycles. The van der Waals surface area contributed by atoms with E-state index in [9.17, 15) is 19.4 Å². The summed E-state index contributed by atoms with van der Waals surface area (Å²) >= 11 is 0. The third-order valence-corrected chi connectivity index (χ3v) is 9.49. The van der Waals surface area contributed by atoms with Crippen molar-refractivity contribution in [3.8, 4) is 0 Å². The van der Waals surface area contributed by atoms with Crippen LogP contribution in [0.3, 0.4) is 0 Å². The van der Waals surface area contributed by atoms with E-state index in [-0.39, 0.29) is 25.5 Å². The quantitative estimate of drug-likeness (QED) is 0.0283. The first kappa shape index (κ1) is 53.2. The fourth-order valence-corrected chi connectivity index (χ4v) is 5.88. The summed E-state index contributed by atoms with van der Waals surface area (Å²) in [4.78, 5) is 25.0. The zero-order chi connectivity index (χ0) is 41.4. The Morgan fingerprint density at radius 3 is 1.50 bits per heavy atom. The maximum Gasteiger partial charge on any atom is 0.268 e. The Kier molecular flexibility index (Phi) is 35.8. The van der Waals surface area contributed by atoms with Gasteiger partial charge in [-0.05, 0) is 77.0 Å². The minimum absolute atomic E-state index is 0.00658. The number of allylic oxidation sites excluding steroid dienone is 18. The van der Waals surface area contributed by atoms with Gasteiger partial charge < -0.3 is 28.8 Å². The normalized spacial score (nSPS) is 15.5.